The number of carbonyl (C=O) groups is 1. The van der Waals surface area contributed by atoms with Crippen LogP contribution < -0.4 is 9.62 Å². The second kappa shape index (κ2) is 5.66. The third-order valence-corrected chi connectivity index (χ3v) is 3.71. The zero-order valence-electron chi connectivity index (χ0n) is 11.5. The first-order chi connectivity index (χ1) is 9.35. The van der Waals surface area contributed by atoms with Crippen LogP contribution in [0.3, 0.4) is 0 Å². The molecule has 0 unspecified atom stereocenters. The topological polar surface area (TPSA) is 82.6 Å². The maximum atomic E-state index is 11.2. The van der Waals surface area contributed by atoms with Gasteiger partial charge in [-0.15, -0.1) is 0 Å². The van der Waals surface area contributed by atoms with Gasteiger partial charge >= 0.3 is 0 Å². The van der Waals surface area contributed by atoms with Gasteiger partial charge in [-0.25, -0.2) is 13.4 Å². The van der Waals surface area contributed by atoms with E-state index < -0.39 is 10.0 Å². The molecule has 0 saturated carbocycles. The summed E-state index contributed by atoms with van der Waals surface area (Å²) in [4.78, 5) is 19.3. The second-order valence-electron chi connectivity index (χ2n) is 4.77. The molecule has 7 nitrogen and oxygen atoms in total. The molecule has 1 fully saturated rings. The third-order valence-electron chi connectivity index (χ3n) is 3.13. The number of pyridine rings is 1. The number of nitrogens with zero attached hydrogens (tertiary/aromatic N) is 3. The maximum absolute atomic E-state index is 11.2. The van der Waals surface area contributed by atoms with Crippen molar-refractivity contribution in [2.45, 2.75) is 6.92 Å². The van der Waals surface area contributed by atoms with Crippen LogP contribution in [0.1, 0.15) is 6.92 Å². The molecule has 0 spiro atoms. The smallest absolute Gasteiger partial charge is 0.230 e. The minimum atomic E-state index is -3.30. The van der Waals surface area contributed by atoms with Gasteiger partial charge in [-0.05, 0) is 12.1 Å². The highest BCUT2D eigenvalue weighted by molar-refractivity contribution is 7.92. The van der Waals surface area contributed by atoms with Gasteiger partial charge in [-0.1, -0.05) is 0 Å². The van der Waals surface area contributed by atoms with Crippen molar-refractivity contribution >= 4 is 27.4 Å². The monoisotopic (exact) mass is 298 g/mol. The fourth-order valence-corrected chi connectivity index (χ4v) is 2.60. The molecule has 1 aromatic heterocycles. The molecular weight excluding hydrogens is 280 g/mol. The van der Waals surface area contributed by atoms with Crippen LogP contribution in [-0.4, -0.2) is 56.6 Å². The minimum Gasteiger partial charge on any atom is -0.367 e. The molecule has 2 heterocycles. The van der Waals surface area contributed by atoms with Gasteiger partial charge in [0.05, 0.1) is 18.1 Å². The zero-order chi connectivity index (χ0) is 14.8. The molecule has 0 bridgehead atoms. The normalized spacial score (nSPS) is 16.1. The van der Waals surface area contributed by atoms with E-state index in [9.17, 15) is 13.2 Å². The van der Waals surface area contributed by atoms with E-state index in [4.69, 9.17) is 0 Å². The number of carbonyl (C=O) groups excluding carboxylic acids is 1. The van der Waals surface area contributed by atoms with Crippen LogP contribution in [0.25, 0.3) is 0 Å². The number of rotatable bonds is 3. The van der Waals surface area contributed by atoms with Crippen LogP contribution in [0.2, 0.25) is 0 Å². The number of aromatic nitrogens is 1. The van der Waals surface area contributed by atoms with Crippen LogP contribution in [0, 0.1) is 0 Å². The van der Waals surface area contributed by atoms with Gasteiger partial charge < -0.3 is 9.80 Å². The van der Waals surface area contributed by atoms with Crippen LogP contribution in [0.15, 0.2) is 18.3 Å². The molecule has 1 N–H and O–H groups in total. The Morgan fingerprint density at radius 2 is 1.90 bits per heavy atom. The van der Waals surface area contributed by atoms with Crippen molar-refractivity contribution in [2.24, 2.45) is 0 Å². The Balaban J connectivity index is 1.99. The van der Waals surface area contributed by atoms with Crippen molar-refractivity contribution in [3.63, 3.8) is 0 Å². The standard InChI is InChI=1S/C12H18N4O3S/c1-10(17)15-5-7-16(8-6-15)11-3-4-12(13-9-11)14-20(2,18)19/h3-4,9H,5-8H2,1-2H3,(H,13,14). The summed E-state index contributed by atoms with van der Waals surface area (Å²) in [5, 5.41) is 0. The molecule has 1 aliphatic heterocycles. The third kappa shape index (κ3) is 3.83. The lowest BCUT2D eigenvalue weighted by Crippen LogP contribution is -2.48. The van der Waals surface area contributed by atoms with E-state index in [1.54, 1.807) is 19.2 Å². The van der Waals surface area contributed by atoms with Crippen molar-refractivity contribution in [2.75, 3.05) is 42.1 Å². The summed E-state index contributed by atoms with van der Waals surface area (Å²) < 4.78 is 24.5. The highest BCUT2D eigenvalue weighted by Gasteiger charge is 2.18. The van der Waals surface area contributed by atoms with Crippen LogP contribution >= 0.6 is 0 Å². The van der Waals surface area contributed by atoms with E-state index in [1.165, 1.54) is 0 Å². The number of nitrogens with one attached hydrogen (secondary N) is 1. The minimum absolute atomic E-state index is 0.0930. The number of anilines is 2. The predicted octanol–water partition coefficient (Wildman–Crippen LogP) is 0.122. The SMILES string of the molecule is CC(=O)N1CCN(c2ccc(NS(C)(=O)=O)nc2)CC1. The van der Waals surface area contributed by atoms with Crippen molar-refractivity contribution in [1.82, 2.24) is 9.88 Å². The summed E-state index contributed by atoms with van der Waals surface area (Å²) in [6.07, 6.45) is 2.72. The first-order valence-electron chi connectivity index (χ1n) is 6.29. The molecule has 20 heavy (non-hydrogen) atoms. The van der Waals surface area contributed by atoms with Gasteiger partial charge in [0, 0.05) is 33.1 Å². The van der Waals surface area contributed by atoms with Gasteiger partial charge in [-0.2, -0.15) is 0 Å². The van der Waals surface area contributed by atoms with E-state index in [-0.39, 0.29) is 5.91 Å². The first-order valence-corrected chi connectivity index (χ1v) is 8.18. The molecule has 8 heteroatoms. The van der Waals surface area contributed by atoms with Gasteiger partial charge in [-0.3, -0.25) is 9.52 Å². The van der Waals surface area contributed by atoms with Crippen LogP contribution in [0.4, 0.5) is 11.5 Å². The van der Waals surface area contributed by atoms with Crippen molar-refractivity contribution in [3.8, 4) is 0 Å². The number of amides is 1. The Hall–Kier alpha value is -1.83. The van der Waals surface area contributed by atoms with E-state index in [2.05, 4.69) is 14.6 Å². The molecule has 1 aromatic rings. The van der Waals surface area contributed by atoms with Gasteiger partial charge in [0.2, 0.25) is 15.9 Å². The molecular formula is C12H18N4O3S. The molecule has 0 atom stereocenters. The predicted molar refractivity (Wildman–Crippen MR) is 77.2 cm³/mol. The van der Waals surface area contributed by atoms with Crippen molar-refractivity contribution in [1.29, 1.82) is 0 Å². The first kappa shape index (κ1) is 14.6. The Morgan fingerprint density at radius 3 is 2.35 bits per heavy atom. The lowest BCUT2D eigenvalue weighted by molar-refractivity contribution is -0.129. The van der Waals surface area contributed by atoms with E-state index in [1.807, 2.05) is 11.0 Å². The van der Waals surface area contributed by atoms with E-state index >= 15 is 0 Å². The summed E-state index contributed by atoms with van der Waals surface area (Å²) in [7, 11) is -3.30. The fourth-order valence-electron chi connectivity index (χ4n) is 2.10. The van der Waals surface area contributed by atoms with Crippen molar-refractivity contribution < 1.29 is 13.2 Å². The second-order valence-corrected chi connectivity index (χ2v) is 6.52. The van der Waals surface area contributed by atoms with Gasteiger partial charge in [0.1, 0.15) is 5.82 Å². The molecule has 1 aliphatic rings. The summed E-state index contributed by atoms with van der Waals surface area (Å²) in [6, 6.07) is 3.46. The summed E-state index contributed by atoms with van der Waals surface area (Å²) in [5.74, 6) is 0.397. The molecule has 0 radical (unpaired) electrons. The highest BCUT2D eigenvalue weighted by Crippen LogP contribution is 2.17. The van der Waals surface area contributed by atoms with E-state index in [0.29, 0.717) is 18.9 Å². The molecule has 2 rings (SSSR count). The van der Waals surface area contributed by atoms with Crippen LogP contribution in [0.5, 0.6) is 0 Å². The highest BCUT2D eigenvalue weighted by atomic mass is 32.2. The molecule has 1 saturated heterocycles. The maximum Gasteiger partial charge on any atom is 0.230 e. The van der Waals surface area contributed by atoms with Gasteiger partial charge in [0.15, 0.2) is 0 Å². The summed E-state index contributed by atoms with van der Waals surface area (Å²) >= 11 is 0. The van der Waals surface area contributed by atoms with Crippen LogP contribution in [-0.2, 0) is 14.8 Å². The lowest BCUT2D eigenvalue weighted by atomic mass is 10.2. The number of hydrogen-bond acceptors (Lipinski definition) is 5. The average Bonchev–Trinajstić information content (AvgIpc) is 2.38. The Bertz CT molecular complexity index is 577. The lowest BCUT2D eigenvalue weighted by Gasteiger charge is -2.35. The average molecular weight is 298 g/mol. The fraction of sp³-hybridized carbons (Fsp3) is 0.500. The zero-order valence-corrected chi connectivity index (χ0v) is 12.4. The number of hydrogen-bond donors (Lipinski definition) is 1. The number of sulfonamides is 1. The molecule has 0 aliphatic carbocycles. The van der Waals surface area contributed by atoms with Gasteiger partial charge in [0.25, 0.3) is 0 Å². The number of piperazine rings is 1. The Kier molecular flexibility index (Phi) is 4.12. The van der Waals surface area contributed by atoms with Crippen molar-refractivity contribution in [3.05, 3.63) is 18.3 Å². The molecule has 1 amide bonds. The Labute approximate surface area is 118 Å². The summed E-state index contributed by atoms with van der Waals surface area (Å²) in [6.45, 7) is 4.46. The quantitative estimate of drug-likeness (QED) is 0.857. The molecule has 0 aromatic carbocycles. The molecule has 110 valence electrons. The van der Waals surface area contributed by atoms with E-state index in [0.717, 1.165) is 25.0 Å². The Morgan fingerprint density at radius 1 is 1.25 bits per heavy atom. The summed E-state index contributed by atoms with van der Waals surface area (Å²) in [5.41, 5.74) is 0.923. The largest absolute Gasteiger partial charge is 0.367 e.